The van der Waals surface area contributed by atoms with Crippen LogP contribution in [0.1, 0.15) is 29.9 Å². The van der Waals surface area contributed by atoms with Crippen LogP contribution in [0.2, 0.25) is 0 Å². The Bertz CT molecular complexity index is 749. The van der Waals surface area contributed by atoms with Crippen molar-refractivity contribution < 1.29 is 9.18 Å². The Kier molecular flexibility index (Phi) is 5.44. The molecule has 0 N–H and O–H groups in total. The highest BCUT2D eigenvalue weighted by Gasteiger charge is 2.33. The lowest BCUT2D eigenvalue weighted by Gasteiger charge is -2.32. The third kappa shape index (κ3) is 4.43. The van der Waals surface area contributed by atoms with E-state index in [1.54, 1.807) is 12.1 Å². The van der Waals surface area contributed by atoms with E-state index < -0.39 is 0 Å². The number of ketones is 1. The van der Waals surface area contributed by atoms with E-state index in [4.69, 9.17) is 0 Å². The molecule has 2 nitrogen and oxygen atoms in total. The number of carbonyl (C=O) groups excluding carboxylic acids is 1. The fourth-order valence-corrected chi connectivity index (χ4v) is 3.63. The van der Waals surface area contributed by atoms with Crippen LogP contribution < -0.4 is 0 Å². The van der Waals surface area contributed by atoms with Gasteiger partial charge in [0.25, 0.3) is 0 Å². The molecule has 1 aliphatic rings. The Labute approximate surface area is 149 Å². The number of halogens is 1. The van der Waals surface area contributed by atoms with Gasteiger partial charge in [-0.2, -0.15) is 0 Å². The molecule has 0 radical (unpaired) electrons. The molecule has 0 bridgehead atoms. The van der Waals surface area contributed by atoms with Crippen LogP contribution in [0.3, 0.4) is 0 Å². The van der Waals surface area contributed by atoms with Crippen molar-refractivity contribution in [3.05, 3.63) is 77.1 Å². The van der Waals surface area contributed by atoms with Crippen molar-refractivity contribution in [1.82, 2.24) is 4.90 Å². The van der Waals surface area contributed by atoms with Crippen LogP contribution in [0, 0.1) is 11.7 Å². The average molecular weight is 337 g/mol. The Morgan fingerprint density at radius 2 is 1.76 bits per heavy atom. The first-order valence-corrected chi connectivity index (χ1v) is 8.73. The summed E-state index contributed by atoms with van der Waals surface area (Å²) < 4.78 is 13.1. The van der Waals surface area contributed by atoms with E-state index >= 15 is 0 Å². The topological polar surface area (TPSA) is 20.3 Å². The summed E-state index contributed by atoms with van der Waals surface area (Å²) in [6.45, 7) is 0.753. The van der Waals surface area contributed by atoms with E-state index in [9.17, 15) is 9.18 Å². The van der Waals surface area contributed by atoms with Gasteiger partial charge in [-0.1, -0.05) is 42.5 Å². The molecule has 1 saturated carbocycles. The number of nitrogens with zero attached hydrogens (tertiary/aromatic N) is 1. The van der Waals surface area contributed by atoms with Crippen molar-refractivity contribution in [3.8, 4) is 0 Å². The van der Waals surface area contributed by atoms with Crippen LogP contribution in [-0.2, 0) is 4.79 Å². The van der Waals surface area contributed by atoms with Crippen LogP contribution in [0.5, 0.6) is 0 Å². The normalized spacial score (nSPS) is 22.6. The molecule has 1 aliphatic carbocycles. The van der Waals surface area contributed by atoms with Crippen molar-refractivity contribution in [1.29, 1.82) is 0 Å². The quantitative estimate of drug-likeness (QED) is 0.764. The predicted molar refractivity (Wildman–Crippen MR) is 99.8 cm³/mol. The molecule has 3 heteroatoms. The Morgan fingerprint density at radius 3 is 2.40 bits per heavy atom. The molecule has 1 fully saturated rings. The molecule has 0 saturated heterocycles. The lowest BCUT2D eigenvalue weighted by molar-refractivity contribution is -0.121. The molecule has 3 rings (SSSR count). The van der Waals surface area contributed by atoms with Crippen LogP contribution >= 0.6 is 0 Å². The van der Waals surface area contributed by atoms with Gasteiger partial charge in [-0.15, -0.1) is 0 Å². The zero-order valence-corrected chi connectivity index (χ0v) is 14.8. The smallest absolute Gasteiger partial charge is 0.163 e. The van der Waals surface area contributed by atoms with E-state index in [0.29, 0.717) is 5.92 Å². The molecule has 2 unspecified atom stereocenters. The Hall–Kier alpha value is -2.26. The average Bonchev–Trinajstić information content (AvgIpc) is 2.60. The van der Waals surface area contributed by atoms with E-state index in [1.165, 1.54) is 17.7 Å². The molecular weight excluding hydrogens is 313 g/mol. The van der Waals surface area contributed by atoms with Gasteiger partial charge in [0.1, 0.15) is 5.82 Å². The second-order valence-corrected chi connectivity index (χ2v) is 7.09. The van der Waals surface area contributed by atoms with Gasteiger partial charge in [0.15, 0.2) is 5.78 Å². The maximum absolute atomic E-state index is 13.1. The number of benzene rings is 2. The molecule has 2 atom stereocenters. The number of hydrogen-bond donors (Lipinski definition) is 0. The molecule has 0 aliphatic heterocycles. The van der Waals surface area contributed by atoms with Crippen LogP contribution in [0.15, 0.2) is 60.2 Å². The molecule has 0 amide bonds. The van der Waals surface area contributed by atoms with Crippen LogP contribution in [0.25, 0.3) is 6.08 Å². The maximum Gasteiger partial charge on any atom is 0.163 e. The third-order valence-corrected chi connectivity index (χ3v) is 4.79. The Balaban J connectivity index is 1.91. The number of Topliss-reactive ketones (excluding diaryl/α,β-unsaturated/α-hetero) is 1. The second kappa shape index (κ2) is 7.75. The minimum absolute atomic E-state index is 0.000606. The number of rotatable bonds is 4. The highest BCUT2D eigenvalue weighted by Crippen LogP contribution is 2.38. The third-order valence-electron chi connectivity index (χ3n) is 4.79. The minimum Gasteiger partial charge on any atom is -0.309 e. The van der Waals surface area contributed by atoms with E-state index in [-0.39, 0.29) is 17.5 Å². The summed E-state index contributed by atoms with van der Waals surface area (Å²) >= 11 is 0. The van der Waals surface area contributed by atoms with E-state index in [1.807, 2.05) is 26.2 Å². The van der Waals surface area contributed by atoms with Crippen molar-refractivity contribution in [2.24, 2.45) is 5.92 Å². The highest BCUT2D eigenvalue weighted by molar-refractivity contribution is 6.02. The fourth-order valence-electron chi connectivity index (χ4n) is 3.63. The first-order valence-electron chi connectivity index (χ1n) is 8.73. The second-order valence-electron chi connectivity index (χ2n) is 7.09. The van der Waals surface area contributed by atoms with Gasteiger partial charge < -0.3 is 4.90 Å². The minimum atomic E-state index is -0.259. The lowest BCUT2D eigenvalue weighted by Crippen LogP contribution is -2.34. The summed E-state index contributed by atoms with van der Waals surface area (Å²) in [5.74, 6) is 0.311. The maximum atomic E-state index is 13.1. The van der Waals surface area contributed by atoms with Crippen LogP contribution in [-0.4, -0.2) is 31.3 Å². The first-order chi connectivity index (χ1) is 12.0. The fraction of sp³-hybridized carbons (Fsp3) is 0.318. The van der Waals surface area contributed by atoms with Gasteiger partial charge in [0.2, 0.25) is 0 Å². The molecule has 0 spiro atoms. The zero-order valence-electron chi connectivity index (χ0n) is 14.8. The van der Waals surface area contributed by atoms with Gasteiger partial charge >= 0.3 is 0 Å². The van der Waals surface area contributed by atoms with Crippen LogP contribution in [0.4, 0.5) is 4.39 Å². The zero-order chi connectivity index (χ0) is 17.8. The number of hydrogen-bond acceptors (Lipinski definition) is 2. The summed E-state index contributed by atoms with van der Waals surface area (Å²) in [5, 5.41) is 0. The highest BCUT2D eigenvalue weighted by atomic mass is 19.1. The molecule has 0 heterocycles. The summed E-state index contributed by atoms with van der Waals surface area (Å²) in [4.78, 5) is 15.0. The first kappa shape index (κ1) is 17.6. The molecule has 0 aromatic heterocycles. The van der Waals surface area contributed by atoms with Gasteiger partial charge in [-0.05, 0) is 67.8 Å². The molecule has 130 valence electrons. The van der Waals surface area contributed by atoms with E-state index in [2.05, 4.69) is 29.2 Å². The standard InChI is InChI=1S/C22H24FNO/c1-24(2)15-20-14-18(17-6-4-3-5-7-17)13-19(22(20)25)12-16-8-10-21(23)11-9-16/h3-12,18,20H,13-15H2,1-2H3/b19-12+. The Morgan fingerprint density at radius 1 is 1.08 bits per heavy atom. The van der Waals surface area contributed by atoms with Crippen molar-refractivity contribution in [2.45, 2.75) is 18.8 Å². The summed E-state index contributed by atoms with van der Waals surface area (Å²) in [5.41, 5.74) is 3.00. The van der Waals surface area contributed by atoms with Gasteiger partial charge in [-0.3, -0.25) is 4.79 Å². The summed E-state index contributed by atoms with van der Waals surface area (Å²) in [6.07, 6.45) is 3.55. The van der Waals surface area contributed by atoms with E-state index in [0.717, 1.165) is 30.5 Å². The molecule has 2 aromatic rings. The van der Waals surface area contributed by atoms with Crippen molar-refractivity contribution >= 4 is 11.9 Å². The predicted octanol–water partition coefficient (Wildman–Crippen LogP) is 4.53. The molecule has 25 heavy (non-hydrogen) atoms. The van der Waals surface area contributed by atoms with Gasteiger partial charge in [0, 0.05) is 12.5 Å². The largest absolute Gasteiger partial charge is 0.309 e. The summed E-state index contributed by atoms with van der Waals surface area (Å²) in [6, 6.07) is 16.7. The lowest BCUT2D eigenvalue weighted by atomic mass is 9.74. The SMILES string of the molecule is CN(C)CC1CC(c2ccccc2)C/C(=C\c2ccc(F)cc2)C1=O. The molecule has 2 aromatic carbocycles. The van der Waals surface area contributed by atoms with Gasteiger partial charge in [-0.25, -0.2) is 4.39 Å². The number of carbonyl (C=O) groups is 1. The molecular formula is C22H24FNO. The monoisotopic (exact) mass is 337 g/mol. The number of allylic oxidation sites excluding steroid dienone is 1. The summed E-state index contributed by atoms with van der Waals surface area (Å²) in [7, 11) is 4.01. The van der Waals surface area contributed by atoms with Gasteiger partial charge in [0.05, 0.1) is 0 Å². The van der Waals surface area contributed by atoms with Crippen molar-refractivity contribution in [3.63, 3.8) is 0 Å². The van der Waals surface area contributed by atoms with Crippen molar-refractivity contribution in [2.75, 3.05) is 20.6 Å².